The summed E-state index contributed by atoms with van der Waals surface area (Å²) in [6, 6.07) is 18.8. The Morgan fingerprint density at radius 2 is 1.70 bits per heavy atom. The number of rotatable bonds is 1. The quantitative estimate of drug-likeness (QED) is 0.516. The van der Waals surface area contributed by atoms with E-state index in [1.165, 1.54) is 10.8 Å². The monoisotopic (exact) mass is 322 g/mol. The van der Waals surface area contributed by atoms with Crippen LogP contribution < -0.4 is 0 Å². The number of nitrogens with one attached hydrogen (secondary N) is 1. The topological polar surface area (TPSA) is 28.7 Å². The molecular formula is C17H11BrN2. The van der Waals surface area contributed by atoms with Gasteiger partial charge in [-0.25, -0.2) is 0 Å². The fraction of sp³-hybridized carbons (Fsp3) is 0. The summed E-state index contributed by atoms with van der Waals surface area (Å²) in [7, 11) is 0. The molecule has 0 amide bonds. The van der Waals surface area contributed by atoms with Crippen LogP contribution >= 0.6 is 15.9 Å². The van der Waals surface area contributed by atoms with E-state index in [0.29, 0.717) is 0 Å². The van der Waals surface area contributed by atoms with Crippen molar-refractivity contribution < 1.29 is 0 Å². The van der Waals surface area contributed by atoms with E-state index in [1.807, 2.05) is 18.3 Å². The van der Waals surface area contributed by atoms with Crippen molar-refractivity contribution >= 4 is 37.7 Å². The van der Waals surface area contributed by atoms with Gasteiger partial charge < -0.3 is 4.98 Å². The van der Waals surface area contributed by atoms with Gasteiger partial charge in [-0.2, -0.15) is 0 Å². The molecule has 0 saturated heterocycles. The van der Waals surface area contributed by atoms with E-state index in [9.17, 15) is 0 Å². The molecule has 0 fully saturated rings. The van der Waals surface area contributed by atoms with Crippen LogP contribution in [0.1, 0.15) is 0 Å². The van der Waals surface area contributed by atoms with E-state index in [4.69, 9.17) is 0 Å². The summed E-state index contributed by atoms with van der Waals surface area (Å²) in [6.07, 6.45) is 1.83. The molecule has 0 atom stereocenters. The van der Waals surface area contributed by atoms with E-state index in [-0.39, 0.29) is 0 Å². The summed E-state index contributed by atoms with van der Waals surface area (Å²) in [4.78, 5) is 8.01. The number of fused-ring (bicyclic) bond motifs is 3. The molecule has 0 bridgehead atoms. The summed E-state index contributed by atoms with van der Waals surface area (Å²) in [5.41, 5.74) is 4.41. The number of hydrogen-bond donors (Lipinski definition) is 1. The Bertz CT molecular complexity index is 907. The van der Waals surface area contributed by atoms with Crippen LogP contribution in [-0.4, -0.2) is 9.97 Å². The first kappa shape index (κ1) is 11.7. The Hall–Kier alpha value is -2.13. The van der Waals surface area contributed by atoms with Crippen LogP contribution in [0.5, 0.6) is 0 Å². The third kappa shape index (κ3) is 1.74. The summed E-state index contributed by atoms with van der Waals surface area (Å²) in [5.74, 6) is 0. The van der Waals surface area contributed by atoms with Crippen LogP contribution in [0.2, 0.25) is 0 Å². The molecule has 0 unspecified atom stereocenters. The maximum Gasteiger partial charge on any atom is 0.0723 e. The van der Waals surface area contributed by atoms with Gasteiger partial charge in [-0.1, -0.05) is 36.4 Å². The highest BCUT2D eigenvalue weighted by atomic mass is 79.9. The maximum absolute atomic E-state index is 4.50. The third-order valence-electron chi connectivity index (χ3n) is 3.54. The van der Waals surface area contributed by atoms with Gasteiger partial charge in [-0.05, 0) is 34.1 Å². The van der Waals surface area contributed by atoms with Gasteiger partial charge in [0.15, 0.2) is 0 Å². The van der Waals surface area contributed by atoms with Crippen LogP contribution in [0, 0.1) is 0 Å². The molecular weight excluding hydrogens is 312 g/mol. The first-order chi connectivity index (χ1) is 9.83. The molecule has 0 spiro atoms. The molecule has 2 aromatic heterocycles. The van der Waals surface area contributed by atoms with Gasteiger partial charge in [0.05, 0.1) is 11.2 Å². The lowest BCUT2D eigenvalue weighted by molar-refractivity contribution is 1.31. The van der Waals surface area contributed by atoms with Gasteiger partial charge in [-0.15, -0.1) is 0 Å². The van der Waals surface area contributed by atoms with Gasteiger partial charge >= 0.3 is 0 Å². The van der Waals surface area contributed by atoms with Gasteiger partial charge in [0, 0.05) is 32.5 Å². The van der Waals surface area contributed by atoms with E-state index in [0.717, 1.165) is 26.8 Å². The van der Waals surface area contributed by atoms with E-state index < -0.39 is 0 Å². The molecule has 0 aliphatic heterocycles. The van der Waals surface area contributed by atoms with E-state index in [1.54, 1.807) is 0 Å². The van der Waals surface area contributed by atoms with Crippen LogP contribution in [-0.2, 0) is 0 Å². The molecule has 0 saturated carbocycles. The zero-order chi connectivity index (χ0) is 13.5. The second kappa shape index (κ2) is 4.46. The average Bonchev–Trinajstić information content (AvgIpc) is 2.87. The largest absolute Gasteiger partial charge is 0.354 e. The first-order valence-corrected chi connectivity index (χ1v) is 7.23. The molecule has 2 nitrogen and oxygen atoms in total. The number of halogens is 1. The fourth-order valence-electron chi connectivity index (χ4n) is 2.62. The number of para-hydroxylation sites is 2. The zero-order valence-corrected chi connectivity index (χ0v) is 12.2. The SMILES string of the molecule is Brc1ccc(-c2cccc3c2[nH]c2ccccc23)nc1. The molecule has 2 heterocycles. The second-order valence-corrected chi connectivity index (χ2v) is 5.68. The van der Waals surface area contributed by atoms with Crippen LogP contribution in [0.25, 0.3) is 33.1 Å². The average molecular weight is 323 g/mol. The smallest absolute Gasteiger partial charge is 0.0723 e. The first-order valence-electron chi connectivity index (χ1n) is 6.44. The molecule has 2 aromatic carbocycles. The van der Waals surface area contributed by atoms with Gasteiger partial charge in [0.25, 0.3) is 0 Å². The Labute approximate surface area is 124 Å². The molecule has 1 N–H and O–H groups in total. The standard InChI is InChI=1S/C17H11BrN2/c18-11-8-9-15(19-10-11)14-6-3-5-13-12-4-1-2-7-16(12)20-17(13)14/h1-10,20H. The minimum atomic E-state index is 0.977. The third-order valence-corrected chi connectivity index (χ3v) is 4.01. The Kier molecular flexibility index (Phi) is 2.60. The van der Waals surface area contributed by atoms with Crippen molar-refractivity contribution in [2.24, 2.45) is 0 Å². The number of H-pyrrole nitrogens is 1. The summed E-state index contributed by atoms with van der Waals surface area (Å²) < 4.78 is 0.991. The molecule has 4 aromatic rings. The molecule has 20 heavy (non-hydrogen) atoms. The number of pyridine rings is 1. The number of benzene rings is 2. The number of nitrogens with zero attached hydrogens (tertiary/aromatic N) is 1. The molecule has 96 valence electrons. The van der Waals surface area contributed by atoms with Crippen molar-refractivity contribution in [2.45, 2.75) is 0 Å². The highest BCUT2D eigenvalue weighted by molar-refractivity contribution is 9.10. The predicted octanol–water partition coefficient (Wildman–Crippen LogP) is 5.15. The maximum atomic E-state index is 4.50. The molecule has 0 radical (unpaired) electrons. The lowest BCUT2D eigenvalue weighted by Crippen LogP contribution is -1.84. The lowest BCUT2D eigenvalue weighted by Gasteiger charge is -2.02. The van der Waals surface area contributed by atoms with Crippen molar-refractivity contribution in [3.63, 3.8) is 0 Å². The van der Waals surface area contributed by atoms with Crippen LogP contribution in [0.3, 0.4) is 0 Å². The Morgan fingerprint density at radius 1 is 0.850 bits per heavy atom. The summed E-state index contributed by atoms with van der Waals surface area (Å²) in [6.45, 7) is 0. The lowest BCUT2D eigenvalue weighted by atomic mass is 10.1. The highest BCUT2D eigenvalue weighted by Gasteiger charge is 2.09. The minimum absolute atomic E-state index is 0.977. The fourth-order valence-corrected chi connectivity index (χ4v) is 2.86. The van der Waals surface area contributed by atoms with E-state index in [2.05, 4.69) is 68.4 Å². The van der Waals surface area contributed by atoms with Gasteiger partial charge in [0.2, 0.25) is 0 Å². The molecule has 0 aliphatic carbocycles. The van der Waals surface area contributed by atoms with Crippen LogP contribution in [0.4, 0.5) is 0 Å². The number of aromatic amines is 1. The van der Waals surface area contributed by atoms with Crippen molar-refractivity contribution in [3.8, 4) is 11.3 Å². The van der Waals surface area contributed by atoms with Crippen molar-refractivity contribution in [2.75, 3.05) is 0 Å². The summed E-state index contributed by atoms with van der Waals surface area (Å²) in [5, 5.41) is 2.49. The predicted molar refractivity (Wildman–Crippen MR) is 86.7 cm³/mol. The number of hydrogen-bond acceptors (Lipinski definition) is 1. The van der Waals surface area contributed by atoms with Crippen molar-refractivity contribution in [1.29, 1.82) is 0 Å². The summed E-state index contributed by atoms with van der Waals surface area (Å²) >= 11 is 3.43. The molecule has 4 rings (SSSR count). The van der Waals surface area contributed by atoms with Crippen molar-refractivity contribution in [3.05, 3.63) is 65.3 Å². The van der Waals surface area contributed by atoms with Crippen molar-refractivity contribution in [1.82, 2.24) is 9.97 Å². The molecule has 3 heteroatoms. The van der Waals surface area contributed by atoms with Gasteiger partial charge in [-0.3, -0.25) is 4.98 Å². The zero-order valence-electron chi connectivity index (χ0n) is 10.6. The highest BCUT2D eigenvalue weighted by Crippen LogP contribution is 2.32. The van der Waals surface area contributed by atoms with Crippen LogP contribution in [0.15, 0.2) is 65.3 Å². The normalized spacial score (nSPS) is 11.2. The Morgan fingerprint density at radius 3 is 2.55 bits per heavy atom. The Balaban J connectivity index is 2.07. The minimum Gasteiger partial charge on any atom is -0.354 e. The van der Waals surface area contributed by atoms with E-state index >= 15 is 0 Å². The second-order valence-electron chi connectivity index (χ2n) is 4.76. The number of aromatic nitrogens is 2. The molecule has 0 aliphatic rings. The van der Waals surface area contributed by atoms with Gasteiger partial charge in [0.1, 0.15) is 0 Å².